The van der Waals surface area contributed by atoms with Crippen LogP contribution in [0.25, 0.3) is 0 Å². The van der Waals surface area contributed by atoms with Crippen LogP contribution in [0.1, 0.15) is 38.1 Å². The van der Waals surface area contributed by atoms with Crippen molar-refractivity contribution in [3.05, 3.63) is 27.7 Å². The number of hydrogen-bond acceptors (Lipinski definition) is 5. The van der Waals surface area contributed by atoms with Gasteiger partial charge in [-0.2, -0.15) is 0 Å². The zero-order valence-corrected chi connectivity index (χ0v) is 18.0. The van der Waals surface area contributed by atoms with Gasteiger partial charge in [-0.15, -0.1) is 10.2 Å². The number of amides is 1. The summed E-state index contributed by atoms with van der Waals surface area (Å²) in [6, 6.07) is 5.88. The van der Waals surface area contributed by atoms with Gasteiger partial charge in [-0.05, 0) is 50.3 Å². The van der Waals surface area contributed by atoms with Gasteiger partial charge < -0.3 is 10.2 Å². The number of aromatic nitrogens is 3. The summed E-state index contributed by atoms with van der Waals surface area (Å²) in [5, 5.41) is 13.0. The summed E-state index contributed by atoms with van der Waals surface area (Å²) in [6.07, 6.45) is 6.02. The lowest BCUT2D eigenvalue weighted by atomic mass is 10.1. The first kappa shape index (κ1) is 19.1. The van der Waals surface area contributed by atoms with Crippen molar-refractivity contribution in [3.63, 3.8) is 0 Å². The molecule has 1 aromatic carbocycles. The molecule has 1 aliphatic carbocycles. The molecular formula is C18H21BrClN5OS. The molecule has 1 aliphatic heterocycles. The Morgan fingerprint density at radius 2 is 2.04 bits per heavy atom. The van der Waals surface area contributed by atoms with E-state index in [0.29, 0.717) is 16.8 Å². The van der Waals surface area contributed by atoms with E-state index in [9.17, 15) is 4.79 Å². The molecule has 0 bridgehead atoms. The molecule has 2 aliphatic rings. The minimum absolute atomic E-state index is 0.103. The summed E-state index contributed by atoms with van der Waals surface area (Å²) in [6.45, 7) is 2.08. The molecule has 2 heterocycles. The third-order valence-electron chi connectivity index (χ3n) is 4.74. The van der Waals surface area contributed by atoms with Crippen molar-refractivity contribution in [2.75, 3.05) is 29.1 Å². The molecule has 0 atom stereocenters. The van der Waals surface area contributed by atoms with Gasteiger partial charge in [-0.25, -0.2) is 0 Å². The highest BCUT2D eigenvalue weighted by Gasteiger charge is 2.32. The van der Waals surface area contributed by atoms with Crippen molar-refractivity contribution in [2.45, 2.75) is 43.3 Å². The Morgan fingerprint density at radius 3 is 2.74 bits per heavy atom. The van der Waals surface area contributed by atoms with Crippen molar-refractivity contribution < 1.29 is 4.79 Å². The number of thioether (sulfide) groups is 1. The summed E-state index contributed by atoms with van der Waals surface area (Å²) >= 11 is 11.0. The highest BCUT2D eigenvalue weighted by atomic mass is 79.9. The predicted octanol–water partition coefficient (Wildman–Crippen LogP) is 4.75. The second kappa shape index (κ2) is 8.41. The second-order valence-corrected chi connectivity index (χ2v) is 9.16. The fourth-order valence-electron chi connectivity index (χ4n) is 3.24. The zero-order chi connectivity index (χ0) is 18.8. The van der Waals surface area contributed by atoms with Crippen molar-refractivity contribution in [1.29, 1.82) is 0 Å². The number of nitrogens with zero attached hydrogens (tertiary/aromatic N) is 4. The maximum Gasteiger partial charge on any atom is 0.234 e. The topological polar surface area (TPSA) is 63.1 Å². The average Bonchev–Trinajstić information content (AvgIpc) is 3.42. The molecule has 27 heavy (non-hydrogen) atoms. The third-order valence-corrected chi connectivity index (χ3v) is 6.48. The van der Waals surface area contributed by atoms with Gasteiger partial charge in [0.15, 0.2) is 5.16 Å². The van der Waals surface area contributed by atoms with Gasteiger partial charge in [0.2, 0.25) is 11.9 Å². The highest BCUT2D eigenvalue weighted by molar-refractivity contribution is 9.10. The maximum atomic E-state index is 12.4. The van der Waals surface area contributed by atoms with Crippen LogP contribution in [0.3, 0.4) is 0 Å². The van der Waals surface area contributed by atoms with Gasteiger partial charge >= 0.3 is 0 Å². The van der Waals surface area contributed by atoms with Crippen LogP contribution >= 0.6 is 39.3 Å². The molecular weight excluding hydrogens is 450 g/mol. The molecule has 144 valence electrons. The van der Waals surface area contributed by atoms with Gasteiger partial charge in [0.05, 0.1) is 16.5 Å². The number of carbonyl (C=O) groups is 1. The molecule has 6 nitrogen and oxygen atoms in total. The summed E-state index contributed by atoms with van der Waals surface area (Å²) in [5.41, 5.74) is 0.614. The lowest BCUT2D eigenvalue weighted by molar-refractivity contribution is -0.113. The molecule has 2 fully saturated rings. The van der Waals surface area contributed by atoms with Crippen LogP contribution in [0, 0.1) is 0 Å². The predicted molar refractivity (Wildman–Crippen MR) is 113 cm³/mol. The van der Waals surface area contributed by atoms with E-state index in [1.807, 2.05) is 6.07 Å². The standard InChI is InChI=1S/C18H21BrClN5OS/c19-12-4-7-15(14(20)10-12)21-16(26)11-27-18-23-22-17(25(18)13-5-6-13)24-8-2-1-3-9-24/h4,7,10,13H,1-3,5-6,8-9,11H2,(H,21,26). The Kier molecular flexibility index (Phi) is 5.94. The molecule has 0 radical (unpaired) electrons. The van der Waals surface area contributed by atoms with Crippen LogP contribution in [0.2, 0.25) is 5.02 Å². The number of hydrogen-bond donors (Lipinski definition) is 1. The van der Waals surface area contributed by atoms with Crippen LogP contribution in [0.4, 0.5) is 11.6 Å². The molecule has 1 saturated carbocycles. The van der Waals surface area contributed by atoms with Crippen LogP contribution < -0.4 is 10.2 Å². The zero-order valence-electron chi connectivity index (χ0n) is 14.8. The van der Waals surface area contributed by atoms with E-state index in [4.69, 9.17) is 11.6 Å². The molecule has 2 aromatic rings. The fourth-order valence-corrected chi connectivity index (χ4v) is 4.76. The first-order chi connectivity index (χ1) is 13.1. The van der Waals surface area contributed by atoms with Crippen molar-refractivity contribution in [2.24, 2.45) is 0 Å². The van der Waals surface area contributed by atoms with Gasteiger partial charge in [-0.1, -0.05) is 39.3 Å². The normalized spacial score (nSPS) is 17.2. The van der Waals surface area contributed by atoms with Crippen molar-refractivity contribution in [1.82, 2.24) is 14.8 Å². The molecule has 9 heteroatoms. The SMILES string of the molecule is O=C(CSc1nnc(N2CCCCC2)n1C1CC1)Nc1ccc(Br)cc1Cl. The van der Waals surface area contributed by atoms with E-state index in [0.717, 1.165) is 41.5 Å². The molecule has 0 unspecified atom stereocenters. The minimum atomic E-state index is -0.103. The molecule has 1 N–H and O–H groups in total. The largest absolute Gasteiger partial charge is 0.341 e. The number of nitrogens with one attached hydrogen (secondary N) is 1. The average molecular weight is 471 g/mol. The third kappa shape index (κ3) is 4.60. The minimum Gasteiger partial charge on any atom is -0.341 e. The van der Waals surface area contributed by atoms with Gasteiger partial charge in [-0.3, -0.25) is 9.36 Å². The van der Waals surface area contributed by atoms with E-state index in [1.165, 1.54) is 31.0 Å². The summed E-state index contributed by atoms with van der Waals surface area (Å²) in [7, 11) is 0. The lowest BCUT2D eigenvalue weighted by Gasteiger charge is -2.27. The Morgan fingerprint density at radius 1 is 1.26 bits per heavy atom. The van der Waals surface area contributed by atoms with E-state index >= 15 is 0 Å². The van der Waals surface area contributed by atoms with Crippen LogP contribution in [-0.4, -0.2) is 39.5 Å². The number of rotatable bonds is 6. The Bertz CT molecular complexity index is 835. The summed E-state index contributed by atoms with van der Waals surface area (Å²) in [5.74, 6) is 1.14. The number of carbonyl (C=O) groups excluding carboxylic acids is 1. The Hall–Kier alpha value is -1.25. The lowest BCUT2D eigenvalue weighted by Crippen LogP contribution is -2.32. The van der Waals surface area contributed by atoms with Crippen LogP contribution in [-0.2, 0) is 4.79 Å². The van der Waals surface area contributed by atoms with Gasteiger partial charge in [0.25, 0.3) is 0 Å². The van der Waals surface area contributed by atoms with Gasteiger partial charge in [0.1, 0.15) is 0 Å². The fraction of sp³-hybridized carbons (Fsp3) is 0.500. The quantitative estimate of drug-likeness (QED) is 0.617. The number of halogens is 2. The van der Waals surface area contributed by atoms with Gasteiger partial charge in [0, 0.05) is 23.6 Å². The maximum absolute atomic E-state index is 12.4. The summed E-state index contributed by atoms with van der Waals surface area (Å²) in [4.78, 5) is 14.7. The van der Waals surface area contributed by atoms with E-state index in [-0.39, 0.29) is 11.7 Å². The Balaban J connectivity index is 1.42. The molecule has 4 rings (SSSR count). The van der Waals surface area contributed by atoms with Crippen molar-refractivity contribution in [3.8, 4) is 0 Å². The molecule has 1 aromatic heterocycles. The highest BCUT2D eigenvalue weighted by Crippen LogP contribution is 2.41. The molecule has 1 saturated heterocycles. The van der Waals surface area contributed by atoms with E-state index in [2.05, 4.69) is 40.9 Å². The van der Waals surface area contributed by atoms with E-state index < -0.39 is 0 Å². The first-order valence-electron chi connectivity index (χ1n) is 9.19. The first-order valence-corrected chi connectivity index (χ1v) is 11.3. The van der Waals surface area contributed by atoms with Crippen LogP contribution in [0.5, 0.6) is 0 Å². The molecule has 0 spiro atoms. The molecule has 1 amide bonds. The number of benzene rings is 1. The second-order valence-electron chi connectivity index (χ2n) is 6.89. The van der Waals surface area contributed by atoms with E-state index in [1.54, 1.807) is 12.1 Å². The van der Waals surface area contributed by atoms with Crippen LogP contribution in [0.15, 0.2) is 27.8 Å². The van der Waals surface area contributed by atoms with Crippen molar-refractivity contribution >= 4 is 56.8 Å². The Labute approximate surface area is 176 Å². The smallest absolute Gasteiger partial charge is 0.234 e. The monoisotopic (exact) mass is 469 g/mol. The number of piperidine rings is 1. The summed E-state index contributed by atoms with van der Waals surface area (Å²) < 4.78 is 3.11. The number of anilines is 2.